The van der Waals surface area contributed by atoms with Crippen LogP contribution < -0.4 is 4.74 Å². The number of nitrogens with zero attached hydrogens (tertiary/aromatic N) is 1. The molecule has 72 valence electrons. The number of methoxy groups -OCH3 is 1. The van der Waals surface area contributed by atoms with E-state index in [0.717, 1.165) is 11.4 Å². The first-order valence-corrected chi connectivity index (χ1v) is 4.59. The van der Waals surface area contributed by atoms with E-state index in [1.54, 1.807) is 7.11 Å². The molecule has 1 aromatic carbocycles. The smallest absolute Gasteiger partial charge is 0.142 e. The fourth-order valence-electron chi connectivity index (χ4n) is 1.50. The van der Waals surface area contributed by atoms with Gasteiger partial charge in [-0.05, 0) is 36.8 Å². The number of benzene rings is 1. The van der Waals surface area contributed by atoms with Gasteiger partial charge >= 0.3 is 0 Å². The molecule has 0 aliphatic heterocycles. The number of aromatic nitrogens is 1. The van der Waals surface area contributed by atoms with E-state index in [1.165, 1.54) is 5.56 Å². The SMILES string of the molecule is COc1ccc(C)cc1-n1cccc1. The molecular formula is C12H13NO. The highest BCUT2D eigenvalue weighted by Gasteiger charge is 2.03. The van der Waals surface area contributed by atoms with E-state index in [0.29, 0.717) is 0 Å². The first-order valence-electron chi connectivity index (χ1n) is 4.59. The van der Waals surface area contributed by atoms with E-state index in [9.17, 15) is 0 Å². The lowest BCUT2D eigenvalue weighted by molar-refractivity contribution is 0.413. The summed E-state index contributed by atoms with van der Waals surface area (Å²) >= 11 is 0. The van der Waals surface area contributed by atoms with Crippen molar-refractivity contribution < 1.29 is 4.74 Å². The van der Waals surface area contributed by atoms with E-state index in [-0.39, 0.29) is 0 Å². The minimum absolute atomic E-state index is 0.895. The minimum atomic E-state index is 0.895. The van der Waals surface area contributed by atoms with E-state index in [2.05, 4.69) is 13.0 Å². The average Bonchev–Trinajstić information content (AvgIpc) is 2.70. The Labute approximate surface area is 83.8 Å². The molecule has 2 nitrogen and oxygen atoms in total. The van der Waals surface area contributed by atoms with Gasteiger partial charge in [0.1, 0.15) is 5.75 Å². The second-order valence-corrected chi connectivity index (χ2v) is 3.27. The van der Waals surface area contributed by atoms with Gasteiger partial charge in [0, 0.05) is 12.4 Å². The van der Waals surface area contributed by atoms with Crippen LogP contribution >= 0.6 is 0 Å². The molecule has 0 radical (unpaired) electrons. The van der Waals surface area contributed by atoms with Crippen LogP contribution in [0.1, 0.15) is 5.56 Å². The number of hydrogen-bond donors (Lipinski definition) is 0. The van der Waals surface area contributed by atoms with Crippen molar-refractivity contribution in [1.82, 2.24) is 4.57 Å². The first kappa shape index (κ1) is 8.88. The Hall–Kier alpha value is -1.70. The third-order valence-electron chi connectivity index (χ3n) is 2.22. The zero-order valence-electron chi connectivity index (χ0n) is 8.40. The summed E-state index contributed by atoms with van der Waals surface area (Å²) in [6.45, 7) is 2.08. The maximum atomic E-state index is 5.30. The molecule has 0 N–H and O–H groups in total. The van der Waals surface area contributed by atoms with E-state index in [1.807, 2.05) is 41.2 Å². The highest BCUT2D eigenvalue weighted by molar-refractivity contribution is 5.49. The van der Waals surface area contributed by atoms with Gasteiger partial charge in [-0.15, -0.1) is 0 Å². The van der Waals surface area contributed by atoms with Gasteiger partial charge in [-0.1, -0.05) is 6.07 Å². The van der Waals surface area contributed by atoms with Crippen molar-refractivity contribution in [2.45, 2.75) is 6.92 Å². The molecule has 0 spiro atoms. The van der Waals surface area contributed by atoms with Crippen LogP contribution in [0.5, 0.6) is 5.75 Å². The predicted molar refractivity (Wildman–Crippen MR) is 57.1 cm³/mol. The monoisotopic (exact) mass is 187 g/mol. The highest BCUT2D eigenvalue weighted by Crippen LogP contribution is 2.23. The summed E-state index contributed by atoms with van der Waals surface area (Å²) in [5.74, 6) is 0.895. The van der Waals surface area contributed by atoms with Crippen molar-refractivity contribution in [2.75, 3.05) is 7.11 Å². The predicted octanol–water partition coefficient (Wildman–Crippen LogP) is 2.79. The van der Waals surface area contributed by atoms with Crippen molar-refractivity contribution in [3.8, 4) is 11.4 Å². The molecule has 0 unspecified atom stereocenters. The van der Waals surface area contributed by atoms with Gasteiger partial charge in [0.05, 0.1) is 12.8 Å². The van der Waals surface area contributed by atoms with Crippen LogP contribution in [0.3, 0.4) is 0 Å². The Morgan fingerprint density at radius 2 is 1.86 bits per heavy atom. The van der Waals surface area contributed by atoms with Crippen molar-refractivity contribution in [1.29, 1.82) is 0 Å². The quantitative estimate of drug-likeness (QED) is 0.705. The van der Waals surface area contributed by atoms with Crippen molar-refractivity contribution in [3.63, 3.8) is 0 Å². The van der Waals surface area contributed by atoms with E-state index in [4.69, 9.17) is 4.74 Å². The van der Waals surface area contributed by atoms with Crippen molar-refractivity contribution in [3.05, 3.63) is 48.3 Å². The maximum Gasteiger partial charge on any atom is 0.142 e. The third-order valence-corrected chi connectivity index (χ3v) is 2.22. The summed E-state index contributed by atoms with van der Waals surface area (Å²) in [4.78, 5) is 0. The molecule has 14 heavy (non-hydrogen) atoms. The lowest BCUT2D eigenvalue weighted by atomic mass is 10.2. The number of aryl methyl sites for hydroxylation is 1. The zero-order chi connectivity index (χ0) is 9.97. The molecule has 0 fully saturated rings. The maximum absolute atomic E-state index is 5.30. The van der Waals surface area contributed by atoms with Crippen LogP contribution in [-0.4, -0.2) is 11.7 Å². The molecule has 0 saturated heterocycles. The highest BCUT2D eigenvalue weighted by atomic mass is 16.5. The largest absolute Gasteiger partial charge is 0.495 e. The minimum Gasteiger partial charge on any atom is -0.495 e. The van der Waals surface area contributed by atoms with Gasteiger partial charge in [-0.2, -0.15) is 0 Å². The van der Waals surface area contributed by atoms with Crippen LogP contribution in [0.25, 0.3) is 5.69 Å². The summed E-state index contributed by atoms with van der Waals surface area (Å²) in [5.41, 5.74) is 2.31. The van der Waals surface area contributed by atoms with Crippen LogP contribution in [-0.2, 0) is 0 Å². The van der Waals surface area contributed by atoms with Gasteiger partial charge in [0.2, 0.25) is 0 Å². The van der Waals surface area contributed by atoms with Crippen LogP contribution in [0, 0.1) is 6.92 Å². The number of hydrogen-bond acceptors (Lipinski definition) is 1. The Morgan fingerprint density at radius 3 is 2.50 bits per heavy atom. The van der Waals surface area contributed by atoms with Gasteiger partial charge in [0.25, 0.3) is 0 Å². The molecule has 0 aliphatic rings. The van der Waals surface area contributed by atoms with Gasteiger partial charge in [0.15, 0.2) is 0 Å². The second kappa shape index (κ2) is 3.58. The molecule has 0 aliphatic carbocycles. The molecule has 2 rings (SSSR count). The van der Waals surface area contributed by atoms with Crippen LogP contribution in [0.15, 0.2) is 42.7 Å². The molecule has 0 amide bonds. The second-order valence-electron chi connectivity index (χ2n) is 3.27. The lowest BCUT2D eigenvalue weighted by Crippen LogP contribution is -1.95. The topological polar surface area (TPSA) is 14.2 Å². The number of rotatable bonds is 2. The fourth-order valence-corrected chi connectivity index (χ4v) is 1.50. The summed E-state index contributed by atoms with van der Waals surface area (Å²) in [6, 6.07) is 10.2. The van der Waals surface area contributed by atoms with Crippen molar-refractivity contribution in [2.24, 2.45) is 0 Å². The summed E-state index contributed by atoms with van der Waals surface area (Å²) in [7, 11) is 1.69. The Bertz CT molecular complexity index is 418. The summed E-state index contributed by atoms with van der Waals surface area (Å²) in [5, 5.41) is 0. The zero-order valence-corrected chi connectivity index (χ0v) is 8.40. The van der Waals surface area contributed by atoms with Crippen LogP contribution in [0.4, 0.5) is 0 Å². The Balaban J connectivity index is 2.55. The fraction of sp³-hybridized carbons (Fsp3) is 0.167. The molecule has 1 aromatic heterocycles. The molecule has 2 heteroatoms. The van der Waals surface area contributed by atoms with Gasteiger partial charge < -0.3 is 9.30 Å². The molecule has 2 aromatic rings. The van der Waals surface area contributed by atoms with E-state index >= 15 is 0 Å². The molecule has 0 atom stereocenters. The Morgan fingerprint density at radius 1 is 1.14 bits per heavy atom. The van der Waals surface area contributed by atoms with E-state index < -0.39 is 0 Å². The normalized spacial score (nSPS) is 10.1. The van der Waals surface area contributed by atoms with Gasteiger partial charge in [-0.25, -0.2) is 0 Å². The third kappa shape index (κ3) is 1.51. The molecular weight excluding hydrogens is 174 g/mol. The average molecular weight is 187 g/mol. The number of ether oxygens (including phenoxy) is 1. The summed E-state index contributed by atoms with van der Waals surface area (Å²) in [6.07, 6.45) is 4.02. The first-order chi connectivity index (χ1) is 6.81. The summed E-state index contributed by atoms with van der Waals surface area (Å²) < 4.78 is 7.35. The van der Waals surface area contributed by atoms with Crippen molar-refractivity contribution >= 4 is 0 Å². The molecule has 0 bridgehead atoms. The standard InChI is InChI=1S/C12H13NO/c1-10-5-6-12(14-2)11(9-10)13-7-3-4-8-13/h3-9H,1-2H3. The molecule has 0 saturated carbocycles. The molecule has 1 heterocycles. The van der Waals surface area contributed by atoms with Crippen LogP contribution in [0.2, 0.25) is 0 Å². The lowest BCUT2D eigenvalue weighted by Gasteiger charge is -2.10. The Kier molecular flexibility index (Phi) is 2.27. The van der Waals surface area contributed by atoms with Gasteiger partial charge in [-0.3, -0.25) is 0 Å².